The predicted molar refractivity (Wildman–Crippen MR) is 132 cm³/mol. The molecule has 0 spiro atoms. The second-order valence-electron chi connectivity index (χ2n) is 8.13. The second-order valence-corrected chi connectivity index (χ2v) is 9.15. The molecule has 8 heteroatoms. The number of nitrogens with zero attached hydrogens (tertiary/aromatic N) is 4. The van der Waals surface area contributed by atoms with Gasteiger partial charge in [0, 0.05) is 10.6 Å². The van der Waals surface area contributed by atoms with Crippen molar-refractivity contribution in [3.8, 4) is 11.4 Å². The Labute approximate surface area is 202 Å². The summed E-state index contributed by atoms with van der Waals surface area (Å²) in [5.74, 6) is 1.93. The molecular formula is C26H25N5O2S. The van der Waals surface area contributed by atoms with E-state index in [4.69, 9.17) is 4.74 Å². The van der Waals surface area contributed by atoms with Crippen LogP contribution < -0.4 is 10.1 Å². The molecular weight excluding hydrogens is 446 g/mol. The van der Waals surface area contributed by atoms with Crippen molar-refractivity contribution in [2.24, 2.45) is 0 Å². The van der Waals surface area contributed by atoms with Crippen molar-refractivity contribution in [1.29, 1.82) is 0 Å². The Balaban J connectivity index is 1.24. The molecule has 0 unspecified atom stereocenters. The van der Waals surface area contributed by atoms with E-state index >= 15 is 0 Å². The highest BCUT2D eigenvalue weighted by atomic mass is 32.2. The highest BCUT2D eigenvalue weighted by Gasteiger charge is 2.17. The van der Waals surface area contributed by atoms with Crippen molar-refractivity contribution in [2.45, 2.75) is 42.4 Å². The lowest BCUT2D eigenvalue weighted by Crippen LogP contribution is -2.13. The zero-order valence-corrected chi connectivity index (χ0v) is 19.4. The number of hydrogen-bond acceptors (Lipinski definition) is 6. The average Bonchev–Trinajstić information content (AvgIpc) is 3.57. The van der Waals surface area contributed by atoms with Gasteiger partial charge in [-0.25, -0.2) is 0 Å². The van der Waals surface area contributed by atoms with Crippen LogP contribution in [0.3, 0.4) is 0 Å². The topological polar surface area (TPSA) is 81.9 Å². The number of benzene rings is 3. The standard InChI is InChI=1S/C26H25N5O2S/c32-26(27-19-14-16-22(17-15-19)33-21-10-4-5-11-21)23-12-6-7-13-24(23)34-18-25-28-29-30-31(25)20-8-2-1-3-9-20/h1-3,6-9,12-17,21H,4-5,10-11,18H2,(H,27,32). The number of ether oxygens (including phenoxy) is 1. The minimum absolute atomic E-state index is 0.157. The van der Waals surface area contributed by atoms with Crippen molar-refractivity contribution in [2.75, 3.05) is 5.32 Å². The molecule has 1 amide bonds. The van der Waals surface area contributed by atoms with Gasteiger partial charge >= 0.3 is 0 Å². The summed E-state index contributed by atoms with van der Waals surface area (Å²) in [6, 6.07) is 24.9. The van der Waals surface area contributed by atoms with Gasteiger partial charge in [0.15, 0.2) is 5.82 Å². The molecule has 172 valence electrons. The molecule has 1 heterocycles. The first-order valence-electron chi connectivity index (χ1n) is 11.4. The summed E-state index contributed by atoms with van der Waals surface area (Å²) in [6.45, 7) is 0. The van der Waals surface area contributed by atoms with Crippen LogP contribution in [0.5, 0.6) is 5.75 Å². The Morgan fingerprint density at radius 3 is 2.50 bits per heavy atom. The van der Waals surface area contributed by atoms with Gasteiger partial charge in [-0.3, -0.25) is 4.79 Å². The summed E-state index contributed by atoms with van der Waals surface area (Å²) in [5, 5.41) is 15.1. The van der Waals surface area contributed by atoms with E-state index in [1.807, 2.05) is 78.9 Å². The van der Waals surface area contributed by atoms with Crippen LogP contribution in [0, 0.1) is 0 Å². The van der Waals surface area contributed by atoms with Crippen LogP contribution in [-0.4, -0.2) is 32.2 Å². The van der Waals surface area contributed by atoms with E-state index in [0.717, 1.165) is 34.9 Å². The minimum Gasteiger partial charge on any atom is -0.490 e. The van der Waals surface area contributed by atoms with Crippen molar-refractivity contribution in [3.63, 3.8) is 0 Å². The van der Waals surface area contributed by atoms with Crippen molar-refractivity contribution in [3.05, 3.63) is 90.3 Å². The minimum atomic E-state index is -0.157. The lowest BCUT2D eigenvalue weighted by molar-refractivity contribution is 0.102. The number of carbonyl (C=O) groups excluding carboxylic acids is 1. The van der Waals surface area contributed by atoms with E-state index in [9.17, 15) is 4.79 Å². The molecule has 4 aromatic rings. The molecule has 1 aromatic heterocycles. The maximum Gasteiger partial charge on any atom is 0.256 e. The van der Waals surface area contributed by atoms with Crippen LogP contribution >= 0.6 is 11.8 Å². The molecule has 0 saturated heterocycles. The first-order chi connectivity index (χ1) is 16.8. The Morgan fingerprint density at radius 1 is 0.971 bits per heavy atom. The maximum atomic E-state index is 13.0. The number of anilines is 1. The lowest BCUT2D eigenvalue weighted by atomic mass is 10.2. The van der Waals surface area contributed by atoms with Gasteiger partial charge in [-0.05, 0) is 84.6 Å². The number of carbonyl (C=O) groups is 1. The molecule has 1 aliphatic carbocycles. The number of amides is 1. The molecule has 1 saturated carbocycles. The SMILES string of the molecule is O=C(Nc1ccc(OC2CCCC2)cc1)c1ccccc1SCc1nnnn1-c1ccccc1. The van der Waals surface area contributed by atoms with Crippen LogP contribution in [0.2, 0.25) is 0 Å². The van der Waals surface area contributed by atoms with Crippen molar-refractivity contribution < 1.29 is 9.53 Å². The van der Waals surface area contributed by atoms with Gasteiger partial charge in [-0.1, -0.05) is 30.3 Å². The monoisotopic (exact) mass is 471 g/mol. The summed E-state index contributed by atoms with van der Waals surface area (Å²) in [4.78, 5) is 13.9. The second kappa shape index (κ2) is 10.5. The number of rotatable bonds is 8. The first-order valence-corrected chi connectivity index (χ1v) is 12.4. The van der Waals surface area contributed by atoms with E-state index in [0.29, 0.717) is 23.2 Å². The van der Waals surface area contributed by atoms with Gasteiger partial charge < -0.3 is 10.1 Å². The van der Waals surface area contributed by atoms with Crippen molar-refractivity contribution >= 4 is 23.4 Å². The molecule has 3 aromatic carbocycles. The van der Waals surface area contributed by atoms with Crippen LogP contribution in [0.15, 0.2) is 83.8 Å². The summed E-state index contributed by atoms with van der Waals surface area (Å²) in [7, 11) is 0. The van der Waals surface area contributed by atoms with Crippen LogP contribution in [0.4, 0.5) is 5.69 Å². The Hall–Kier alpha value is -3.65. The van der Waals surface area contributed by atoms with Gasteiger partial charge in [-0.15, -0.1) is 16.9 Å². The van der Waals surface area contributed by atoms with Gasteiger partial charge in [0.1, 0.15) is 5.75 Å². The number of tetrazole rings is 1. The van der Waals surface area contributed by atoms with Gasteiger partial charge in [0.2, 0.25) is 0 Å². The van der Waals surface area contributed by atoms with E-state index in [2.05, 4.69) is 20.8 Å². The fourth-order valence-corrected chi connectivity index (χ4v) is 4.96. The van der Waals surface area contributed by atoms with E-state index < -0.39 is 0 Å². The maximum absolute atomic E-state index is 13.0. The molecule has 1 aliphatic rings. The Kier molecular flexibility index (Phi) is 6.86. The van der Waals surface area contributed by atoms with E-state index in [1.54, 1.807) is 4.68 Å². The van der Waals surface area contributed by atoms with Gasteiger partial charge in [0.25, 0.3) is 5.91 Å². The number of nitrogens with one attached hydrogen (secondary N) is 1. The molecule has 5 rings (SSSR count). The summed E-state index contributed by atoms with van der Waals surface area (Å²) >= 11 is 1.53. The molecule has 1 N–H and O–H groups in total. The fourth-order valence-electron chi connectivity index (χ4n) is 4.00. The van der Waals surface area contributed by atoms with Gasteiger partial charge in [-0.2, -0.15) is 4.68 Å². The summed E-state index contributed by atoms with van der Waals surface area (Å²) in [6.07, 6.45) is 5.01. The molecule has 0 bridgehead atoms. The van der Waals surface area contributed by atoms with E-state index in [1.165, 1.54) is 24.6 Å². The van der Waals surface area contributed by atoms with Crippen LogP contribution in [0.25, 0.3) is 5.69 Å². The summed E-state index contributed by atoms with van der Waals surface area (Å²) in [5.41, 5.74) is 2.24. The highest BCUT2D eigenvalue weighted by Crippen LogP contribution is 2.28. The zero-order valence-electron chi connectivity index (χ0n) is 18.6. The molecule has 0 radical (unpaired) electrons. The molecule has 1 fully saturated rings. The molecule has 7 nitrogen and oxygen atoms in total. The van der Waals surface area contributed by atoms with Crippen LogP contribution in [-0.2, 0) is 5.75 Å². The third-order valence-electron chi connectivity index (χ3n) is 5.74. The van der Waals surface area contributed by atoms with Crippen LogP contribution in [0.1, 0.15) is 41.9 Å². The Bertz CT molecular complexity index is 1240. The number of thioether (sulfide) groups is 1. The molecule has 0 aliphatic heterocycles. The largest absolute Gasteiger partial charge is 0.490 e. The van der Waals surface area contributed by atoms with Gasteiger partial charge in [0.05, 0.1) is 23.1 Å². The smallest absolute Gasteiger partial charge is 0.256 e. The average molecular weight is 472 g/mol. The zero-order chi connectivity index (χ0) is 23.2. The molecule has 34 heavy (non-hydrogen) atoms. The fraction of sp³-hybridized carbons (Fsp3) is 0.231. The number of para-hydroxylation sites is 1. The third kappa shape index (κ3) is 5.28. The normalized spacial score (nSPS) is 13.6. The van der Waals surface area contributed by atoms with E-state index in [-0.39, 0.29) is 5.91 Å². The summed E-state index contributed by atoms with van der Waals surface area (Å²) < 4.78 is 7.73. The third-order valence-corrected chi connectivity index (χ3v) is 6.81. The number of aromatic nitrogens is 4. The highest BCUT2D eigenvalue weighted by molar-refractivity contribution is 7.98. The quantitative estimate of drug-likeness (QED) is 0.340. The predicted octanol–water partition coefficient (Wildman–Crippen LogP) is 5.53. The Morgan fingerprint density at radius 2 is 1.71 bits per heavy atom. The van der Waals surface area contributed by atoms with Crippen molar-refractivity contribution in [1.82, 2.24) is 20.2 Å². The number of hydrogen-bond donors (Lipinski definition) is 1. The lowest BCUT2D eigenvalue weighted by Gasteiger charge is -2.14. The molecule has 0 atom stereocenters. The first kappa shape index (κ1) is 22.2.